The molecule has 1 aliphatic carbocycles. The number of Topliss-reactive ketones (excluding diaryl/α,β-unsaturated/α-hetero) is 1. The SMILES string of the molecule is O=C1CC=CCC1Cc1cccc(I)c1. The third-order valence-corrected chi connectivity index (χ3v) is 3.40. The van der Waals surface area contributed by atoms with Crippen LogP contribution >= 0.6 is 22.6 Å². The Hall–Kier alpha value is -0.640. The Kier molecular flexibility index (Phi) is 3.57. The van der Waals surface area contributed by atoms with E-state index in [9.17, 15) is 4.79 Å². The molecule has 1 aromatic carbocycles. The molecule has 1 aliphatic rings. The molecule has 1 unspecified atom stereocenters. The summed E-state index contributed by atoms with van der Waals surface area (Å²) in [5, 5.41) is 0. The molecule has 1 aromatic rings. The number of hydrogen-bond acceptors (Lipinski definition) is 1. The quantitative estimate of drug-likeness (QED) is 0.604. The molecule has 0 saturated heterocycles. The van der Waals surface area contributed by atoms with Gasteiger partial charge in [0.25, 0.3) is 0 Å². The molecule has 0 aliphatic heterocycles. The van der Waals surface area contributed by atoms with Crippen LogP contribution < -0.4 is 0 Å². The maximum absolute atomic E-state index is 11.6. The largest absolute Gasteiger partial charge is 0.299 e. The van der Waals surface area contributed by atoms with Crippen LogP contribution in [0.15, 0.2) is 36.4 Å². The van der Waals surface area contributed by atoms with E-state index in [2.05, 4.69) is 52.9 Å². The van der Waals surface area contributed by atoms with Crippen molar-refractivity contribution in [2.75, 3.05) is 0 Å². The molecule has 0 spiro atoms. The highest BCUT2D eigenvalue weighted by atomic mass is 127. The number of ketones is 1. The Morgan fingerprint density at radius 1 is 1.33 bits per heavy atom. The molecule has 0 amide bonds. The van der Waals surface area contributed by atoms with Gasteiger partial charge in [0.1, 0.15) is 5.78 Å². The van der Waals surface area contributed by atoms with Crippen LogP contribution in [0, 0.1) is 9.49 Å². The van der Waals surface area contributed by atoms with Crippen molar-refractivity contribution < 1.29 is 4.79 Å². The Balaban J connectivity index is 2.08. The standard InChI is InChI=1S/C13H13IO/c14-12-6-3-4-10(9-12)8-11-5-1-2-7-13(11)15/h1-4,6,9,11H,5,7-8H2. The molecule has 0 saturated carbocycles. The number of carbonyl (C=O) groups excluding carboxylic acids is 1. The van der Waals surface area contributed by atoms with Gasteiger partial charge in [0.05, 0.1) is 0 Å². The van der Waals surface area contributed by atoms with Gasteiger partial charge in [0, 0.05) is 15.9 Å². The molecule has 0 N–H and O–H groups in total. The lowest BCUT2D eigenvalue weighted by Crippen LogP contribution is -2.18. The van der Waals surface area contributed by atoms with Gasteiger partial charge in [-0.1, -0.05) is 24.3 Å². The molecular formula is C13H13IO. The highest BCUT2D eigenvalue weighted by molar-refractivity contribution is 14.1. The van der Waals surface area contributed by atoms with Crippen molar-refractivity contribution in [1.82, 2.24) is 0 Å². The fourth-order valence-electron chi connectivity index (χ4n) is 1.90. The maximum Gasteiger partial charge on any atom is 0.140 e. The van der Waals surface area contributed by atoms with Gasteiger partial charge < -0.3 is 0 Å². The summed E-state index contributed by atoms with van der Waals surface area (Å²) in [6, 6.07) is 8.40. The third kappa shape index (κ3) is 2.91. The Morgan fingerprint density at radius 2 is 2.20 bits per heavy atom. The Bertz CT molecular complexity index is 395. The van der Waals surface area contributed by atoms with Gasteiger partial charge >= 0.3 is 0 Å². The van der Waals surface area contributed by atoms with Crippen LogP contribution in [0.4, 0.5) is 0 Å². The fraction of sp³-hybridized carbons (Fsp3) is 0.308. The van der Waals surface area contributed by atoms with E-state index in [4.69, 9.17) is 0 Å². The van der Waals surface area contributed by atoms with Crippen molar-refractivity contribution in [2.45, 2.75) is 19.3 Å². The molecule has 0 heterocycles. The minimum Gasteiger partial charge on any atom is -0.299 e. The minimum absolute atomic E-state index is 0.202. The van der Waals surface area contributed by atoms with E-state index in [1.54, 1.807) is 0 Å². The van der Waals surface area contributed by atoms with Gasteiger partial charge in [-0.15, -0.1) is 0 Å². The number of halogens is 1. The number of benzene rings is 1. The first-order chi connectivity index (χ1) is 7.25. The average Bonchev–Trinajstić information content (AvgIpc) is 2.22. The van der Waals surface area contributed by atoms with Gasteiger partial charge in [0.15, 0.2) is 0 Å². The summed E-state index contributed by atoms with van der Waals surface area (Å²) < 4.78 is 1.24. The minimum atomic E-state index is 0.202. The van der Waals surface area contributed by atoms with E-state index in [0.717, 1.165) is 12.8 Å². The van der Waals surface area contributed by atoms with Crippen LogP contribution in [0.5, 0.6) is 0 Å². The van der Waals surface area contributed by atoms with Crippen molar-refractivity contribution in [3.8, 4) is 0 Å². The predicted molar refractivity (Wildman–Crippen MR) is 69.7 cm³/mol. The molecule has 0 aromatic heterocycles. The highest BCUT2D eigenvalue weighted by Crippen LogP contribution is 2.20. The van der Waals surface area contributed by atoms with Gasteiger partial charge in [-0.05, 0) is 53.1 Å². The lowest BCUT2D eigenvalue weighted by atomic mass is 9.87. The molecule has 78 valence electrons. The number of carbonyl (C=O) groups is 1. The zero-order valence-corrected chi connectivity index (χ0v) is 10.6. The van der Waals surface area contributed by atoms with E-state index in [1.165, 1.54) is 9.13 Å². The fourth-order valence-corrected chi connectivity index (χ4v) is 2.51. The van der Waals surface area contributed by atoms with Crippen LogP contribution in [0.25, 0.3) is 0 Å². The third-order valence-electron chi connectivity index (χ3n) is 2.73. The van der Waals surface area contributed by atoms with Crippen molar-refractivity contribution >= 4 is 28.4 Å². The second kappa shape index (κ2) is 4.92. The normalized spacial score (nSPS) is 20.6. The Labute approximate surface area is 104 Å². The summed E-state index contributed by atoms with van der Waals surface area (Å²) in [7, 11) is 0. The molecular weight excluding hydrogens is 299 g/mol. The second-order valence-electron chi connectivity index (χ2n) is 3.91. The molecule has 2 heteroatoms. The molecule has 0 fully saturated rings. The van der Waals surface area contributed by atoms with Crippen LogP contribution in [-0.2, 0) is 11.2 Å². The van der Waals surface area contributed by atoms with Crippen molar-refractivity contribution in [1.29, 1.82) is 0 Å². The van der Waals surface area contributed by atoms with Crippen LogP contribution in [0.3, 0.4) is 0 Å². The van der Waals surface area contributed by atoms with Gasteiger partial charge in [-0.25, -0.2) is 0 Å². The van der Waals surface area contributed by atoms with Crippen molar-refractivity contribution in [2.24, 2.45) is 5.92 Å². The smallest absolute Gasteiger partial charge is 0.140 e. The van der Waals surface area contributed by atoms with Crippen LogP contribution in [0.1, 0.15) is 18.4 Å². The van der Waals surface area contributed by atoms with Gasteiger partial charge in [-0.3, -0.25) is 4.79 Å². The van der Waals surface area contributed by atoms with Crippen LogP contribution in [0.2, 0.25) is 0 Å². The molecule has 0 radical (unpaired) electrons. The zero-order valence-electron chi connectivity index (χ0n) is 8.45. The van der Waals surface area contributed by atoms with E-state index in [1.807, 2.05) is 6.08 Å². The summed E-state index contributed by atoms with van der Waals surface area (Å²) in [4.78, 5) is 11.6. The maximum atomic E-state index is 11.6. The monoisotopic (exact) mass is 312 g/mol. The zero-order chi connectivity index (χ0) is 10.7. The summed E-state index contributed by atoms with van der Waals surface area (Å²) in [5.41, 5.74) is 1.27. The molecule has 1 nitrogen and oxygen atoms in total. The highest BCUT2D eigenvalue weighted by Gasteiger charge is 2.19. The first kappa shape index (κ1) is 10.9. The second-order valence-corrected chi connectivity index (χ2v) is 5.15. The first-order valence-corrected chi connectivity index (χ1v) is 6.26. The molecule has 2 rings (SSSR count). The summed E-state index contributed by atoms with van der Waals surface area (Å²) in [5.74, 6) is 0.588. The molecule has 15 heavy (non-hydrogen) atoms. The number of hydrogen-bond donors (Lipinski definition) is 0. The summed E-state index contributed by atoms with van der Waals surface area (Å²) in [6.07, 6.45) is 6.52. The number of allylic oxidation sites excluding steroid dienone is 2. The lowest BCUT2D eigenvalue weighted by molar-refractivity contribution is -0.122. The van der Waals surface area contributed by atoms with Crippen LogP contribution in [-0.4, -0.2) is 5.78 Å². The molecule has 0 bridgehead atoms. The van der Waals surface area contributed by atoms with Crippen molar-refractivity contribution in [3.05, 3.63) is 45.6 Å². The number of rotatable bonds is 2. The van der Waals surface area contributed by atoms with E-state index >= 15 is 0 Å². The van der Waals surface area contributed by atoms with E-state index in [-0.39, 0.29) is 5.92 Å². The summed E-state index contributed by atoms with van der Waals surface area (Å²) >= 11 is 2.31. The lowest BCUT2D eigenvalue weighted by Gasteiger charge is -2.16. The molecule has 1 atom stereocenters. The van der Waals surface area contributed by atoms with Gasteiger partial charge in [0.2, 0.25) is 0 Å². The average molecular weight is 312 g/mol. The van der Waals surface area contributed by atoms with Crippen molar-refractivity contribution in [3.63, 3.8) is 0 Å². The van der Waals surface area contributed by atoms with E-state index < -0.39 is 0 Å². The van der Waals surface area contributed by atoms with Gasteiger partial charge in [-0.2, -0.15) is 0 Å². The topological polar surface area (TPSA) is 17.1 Å². The summed E-state index contributed by atoms with van der Waals surface area (Å²) in [6.45, 7) is 0. The predicted octanol–water partition coefficient (Wildman–Crippen LogP) is 3.37. The van der Waals surface area contributed by atoms with E-state index in [0.29, 0.717) is 12.2 Å². The first-order valence-electron chi connectivity index (χ1n) is 5.18. The Morgan fingerprint density at radius 3 is 2.93 bits per heavy atom.